The van der Waals surface area contributed by atoms with Crippen LogP contribution in [0.1, 0.15) is 84.0 Å². The van der Waals surface area contributed by atoms with Gasteiger partial charge in [-0.25, -0.2) is 4.79 Å². The van der Waals surface area contributed by atoms with E-state index in [1.165, 1.54) is 38.5 Å². The number of hydrogen-bond donors (Lipinski definition) is 0. The van der Waals surface area contributed by atoms with Crippen LogP contribution in [0.15, 0.2) is 0 Å². The molecule has 1 saturated carbocycles. The zero-order chi connectivity index (χ0) is 16.5. The molecule has 0 aromatic carbocycles. The van der Waals surface area contributed by atoms with Crippen LogP contribution >= 0.6 is 0 Å². The van der Waals surface area contributed by atoms with Crippen LogP contribution in [0.25, 0.3) is 0 Å². The zero-order valence-electron chi connectivity index (χ0n) is 14.7. The highest BCUT2D eigenvalue weighted by molar-refractivity contribution is 5.87. The van der Waals surface area contributed by atoms with Crippen LogP contribution in [0.4, 0.5) is 0 Å². The molecule has 0 aromatic rings. The van der Waals surface area contributed by atoms with Gasteiger partial charge < -0.3 is 9.64 Å². The Labute approximate surface area is 140 Å². The summed E-state index contributed by atoms with van der Waals surface area (Å²) in [4.78, 5) is 26.1. The number of likely N-dealkylation sites (tertiary alicyclic amines) is 1. The van der Waals surface area contributed by atoms with Gasteiger partial charge in [0.2, 0.25) is 5.91 Å². The molecule has 4 nitrogen and oxygen atoms in total. The molecule has 2 aliphatic rings. The van der Waals surface area contributed by atoms with E-state index in [-0.39, 0.29) is 23.8 Å². The Bertz CT molecular complexity index is 379. The first-order valence-electron chi connectivity index (χ1n) is 9.71. The fourth-order valence-electron chi connectivity index (χ4n) is 3.35. The molecule has 0 N–H and O–H groups in total. The van der Waals surface area contributed by atoms with Crippen LogP contribution in [0, 0.1) is 5.92 Å². The summed E-state index contributed by atoms with van der Waals surface area (Å²) in [6.45, 7) is 3.47. The van der Waals surface area contributed by atoms with Gasteiger partial charge in [-0.05, 0) is 32.1 Å². The van der Waals surface area contributed by atoms with Gasteiger partial charge in [-0.2, -0.15) is 0 Å². The number of unbranched alkanes of at least 4 members (excludes halogenated alkanes) is 7. The van der Waals surface area contributed by atoms with Crippen molar-refractivity contribution in [3.05, 3.63) is 0 Å². The Hall–Kier alpha value is -1.06. The van der Waals surface area contributed by atoms with E-state index in [1.54, 1.807) is 4.90 Å². The average molecular weight is 323 g/mol. The lowest BCUT2D eigenvalue weighted by molar-refractivity contribution is -0.153. The smallest absolute Gasteiger partial charge is 0.328 e. The minimum atomic E-state index is -0.308. The van der Waals surface area contributed by atoms with Crippen LogP contribution in [-0.2, 0) is 14.3 Å². The molecule has 1 heterocycles. The summed E-state index contributed by atoms with van der Waals surface area (Å²) >= 11 is 0. The Balaban J connectivity index is 1.53. The fraction of sp³-hybridized carbons (Fsp3) is 0.895. The van der Waals surface area contributed by atoms with Crippen molar-refractivity contribution >= 4 is 11.9 Å². The summed E-state index contributed by atoms with van der Waals surface area (Å²) in [5.41, 5.74) is 0. The molecule has 4 heteroatoms. The molecular weight excluding hydrogens is 290 g/mol. The van der Waals surface area contributed by atoms with E-state index < -0.39 is 0 Å². The SMILES string of the molecule is CCCCCCCCCCOC(=O)C1CCCN1C(=O)C1CC1. The van der Waals surface area contributed by atoms with Gasteiger partial charge in [-0.1, -0.05) is 51.9 Å². The van der Waals surface area contributed by atoms with E-state index >= 15 is 0 Å². The molecule has 1 aliphatic carbocycles. The minimum Gasteiger partial charge on any atom is -0.464 e. The lowest BCUT2D eigenvalue weighted by Crippen LogP contribution is -2.42. The van der Waals surface area contributed by atoms with Crippen molar-refractivity contribution in [1.29, 1.82) is 0 Å². The first kappa shape index (κ1) is 18.3. The fourth-order valence-corrected chi connectivity index (χ4v) is 3.35. The summed E-state index contributed by atoms with van der Waals surface area (Å²) in [7, 11) is 0. The highest BCUT2D eigenvalue weighted by Crippen LogP contribution is 2.33. The van der Waals surface area contributed by atoms with Gasteiger partial charge in [-0.3, -0.25) is 4.79 Å². The van der Waals surface area contributed by atoms with Gasteiger partial charge in [0.15, 0.2) is 0 Å². The number of esters is 1. The summed E-state index contributed by atoms with van der Waals surface area (Å²) < 4.78 is 5.42. The van der Waals surface area contributed by atoms with Crippen molar-refractivity contribution in [2.45, 2.75) is 90.0 Å². The van der Waals surface area contributed by atoms with E-state index in [4.69, 9.17) is 4.74 Å². The Morgan fingerprint density at radius 1 is 0.957 bits per heavy atom. The van der Waals surface area contributed by atoms with E-state index in [9.17, 15) is 9.59 Å². The first-order valence-corrected chi connectivity index (χ1v) is 9.71. The predicted molar refractivity (Wildman–Crippen MR) is 91.0 cm³/mol. The van der Waals surface area contributed by atoms with Crippen molar-refractivity contribution in [2.24, 2.45) is 5.92 Å². The number of carbonyl (C=O) groups is 2. The Kier molecular flexibility index (Phi) is 7.90. The molecule has 0 aromatic heterocycles. The molecule has 1 atom stereocenters. The summed E-state index contributed by atoms with van der Waals surface area (Å²) in [5, 5.41) is 0. The van der Waals surface area contributed by atoms with Crippen molar-refractivity contribution in [3.8, 4) is 0 Å². The molecule has 1 amide bonds. The molecule has 132 valence electrons. The van der Waals surface area contributed by atoms with Gasteiger partial charge in [0.1, 0.15) is 6.04 Å². The third-order valence-electron chi connectivity index (χ3n) is 4.98. The Morgan fingerprint density at radius 3 is 2.26 bits per heavy atom. The van der Waals surface area contributed by atoms with Crippen LogP contribution in [0.5, 0.6) is 0 Å². The second-order valence-corrected chi connectivity index (χ2v) is 7.11. The zero-order valence-corrected chi connectivity index (χ0v) is 14.7. The van der Waals surface area contributed by atoms with Gasteiger partial charge in [0, 0.05) is 12.5 Å². The number of hydrogen-bond acceptors (Lipinski definition) is 3. The maximum Gasteiger partial charge on any atom is 0.328 e. The molecule has 2 rings (SSSR count). The Morgan fingerprint density at radius 2 is 1.61 bits per heavy atom. The van der Waals surface area contributed by atoms with E-state index in [1.807, 2.05) is 0 Å². The number of nitrogens with zero attached hydrogens (tertiary/aromatic N) is 1. The average Bonchev–Trinajstić information content (AvgIpc) is 3.29. The number of rotatable bonds is 11. The quantitative estimate of drug-likeness (QED) is 0.425. The molecule has 0 bridgehead atoms. The van der Waals surface area contributed by atoms with Gasteiger partial charge in [0.05, 0.1) is 6.61 Å². The van der Waals surface area contributed by atoms with Crippen molar-refractivity contribution in [3.63, 3.8) is 0 Å². The first-order chi connectivity index (χ1) is 11.2. The monoisotopic (exact) mass is 323 g/mol. The normalized spacial score (nSPS) is 20.7. The van der Waals surface area contributed by atoms with Crippen LogP contribution in [0.2, 0.25) is 0 Å². The van der Waals surface area contributed by atoms with Crippen molar-refractivity contribution in [2.75, 3.05) is 13.2 Å². The topological polar surface area (TPSA) is 46.6 Å². The van der Waals surface area contributed by atoms with E-state index in [0.29, 0.717) is 6.61 Å². The predicted octanol–water partition coefficient (Wildman–Crippen LogP) is 4.07. The molecule has 23 heavy (non-hydrogen) atoms. The molecular formula is C19H33NO3. The second kappa shape index (κ2) is 9.94. The van der Waals surface area contributed by atoms with Crippen LogP contribution in [-0.4, -0.2) is 36.0 Å². The van der Waals surface area contributed by atoms with E-state index in [0.717, 1.165) is 45.1 Å². The maximum atomic E-state index is 12.2. The number of amides is 1. The highest BCUT2D eigenvalue weighted by atomic mass is 16.5. The third-order valence-corrected chi connectivity index (χ3v) is 4.98. The maximum absolute atomic E-state index is 12.2. The molecule has 1 unspecified atom stereocenters. The summed E-state index contributed by atoms with van der Waals surface area (Å²) in [5.74, 6) is 0.187. The van der Waals surface area contributed by atoms with Crippen LogP contribution < -0.4 is 0 Å². The van der Waals surface area contributed by atoms with Gasteiger partial charge in [0.25, 0.3) is 0 Å². The summed E-state index contributed by atoms with van der Waals surface area (Å²) in [6, 6.07) is -0.308. The van der Waals surface area contributed by atoms with Crippen LogP contribution in [0.3, 0.4) is 0 Å². The molecule has 2 fully saturated rings. The second-order valence-electron chi connectivity index (χ2n) is 7.11. The van der Waals surface area contributed by atoms with Crippen molar-refractivity contribution in [1.82, 2.24) is 4.90 Å². The number of ether oxygens (including phenoxy) is 1. The minimum absolute atomic E-state index is 0.177. The molecule has 1 saturated heterocycles. The third kappa shape index (κ3) is 6.15. The molecule has 0 spiro atoms. The lowest BCUT2D eigenvalue weighted by Gasteiger charge is -2.23. The number of carbonyl (C=O) groups excluding carboxylic acids is 2. The van der Waals surface area contributed by atoms with Crippen molar-refractivity contribution < 1.29 is 14.3 Å². The largest absolute Gasteiger partial charge is 0.464 e. The van der Waals surface area contributed by atoms with Gasteiger partial charge >= 0.3 is 5.97 Å². The van der Waals surface area contributed by atoms with Gasteiger partial charge in [-0.15, -0.1) is 0 Å². The molecule has 1 aliphatic heterocycles. The summed E-state index contributed by atoms with van der Waals surface area (Å²) in [6.07, 6.45) is 13.6. The highest BCUT2D eigenvalue weighted by Gasteiger charge is 2.41. The lowest BCUT2D eigenvalue weighted by atomic mass is 10.1. The van der Waals surface area contributed by atoms with E-state index in [2.05, 4.69) is 6.92 Å². The molecule has 0 radical (unpaired) electrons. The standard InChI is InChI=1S/C19H33NO3/c1-2-3-4-5-6-7-8-9-15-23-19(22)17-11-10-14-20(17)18(21)16-12-13-16/h16-17H,2-15H2,1H3.